The maximum absolute atomic E-state index is 8.98. The van der Waals surface area contributed by atoms with Gasteiger partial charge in [-0.25, -0.2) is 0 Å². The van der Waals surface area contributed by atoms with Crippen LogP contribution in [0.15, 0.2) is 48.5 Å². The first-order valence-electron chi connectivity index (χ1n) is 5.39. The van der Waals surface area contributed by atoms with E-state index >= 15 is 0 Å². The Labute approximate surface area is 98.1 Å². The number of aliphatic hydroxyl groups excluding tert-OH is 1. The SMILES string of the molecule is OCc1ccc(-n2nc3ccccc3n2)cc1. The van der Waals surface area contributed by atoms with Gasteiger partial charge in [-0.15, -0.1) is 10.2 Å². The Balaban J connectivity index is 2.07. The topological polar surface area (TPSA) is 50.9 Å². The van der Waals surface area contributed by atoms with Crippen LogP contribution >= 0.6 is 0 Å². The molecule has 0 saturated heterocycles. The third-order valence-corrected chi connectivity index (χ3v) is 2.64. The molecule has 1 heterocycles. The van der Waals surface area contributed by atoms with Crippen molar-refractivity contribution in [2.75, 3.05) is 0 Å². The second kappa shape index (κ2) is 3.99. The van der Waals surface area contributed by atoms with Gasteiger partial charge in [0.15, 0.2) is 0 Å². The van der Waals surface area contributed by atoms with Gasteiger partial charge in [0.2, 0.25) is 0 Å². The summed E-state index contributed by atoms with van der Waals surface area (Å²) in [4.78, 5) is 1.60. The minimum Gasteiger partial charge on any atom is -0.392 e. The Morgan fingerprint density at radius 1 is 0.882 bits per heavy atom. The zero-order valence-corrected chi connectivity index (χ0v) is 9.11. The van der Waals surface area contributed by atoms with Crippen molar-refractivity contribution in [1.82, 2.24) is 15.0 Å². The van der Waals surface area contributed by atoms with Crippen LogP contribution in [0.1, 0.15) is 5.56 Å². The molecule has 0 radical (unpaired) electrons. The van der Waals surface area contributed by atoms with Crippen molar-refractivity contribution in [1.29, 1.82) is 0 Å². The molecule has 0 aliphatic rings. The van der Waals surface area contributed by atoms with Gasteiger partial charge in [0.05, 0.1) is 12.3 Å². The van der Waals surface area contributed by atoms with Crippen LogP contribution in [-0.4, -0.2) is 20.1 Å². The van der Waals surface area contributed by atoms with Crippen molar-refractivity contribution in [2.24, 2.45) is 0 Å². The fourth-order valence-electron chi connectivity index (χ4n) is 1.71. The first kappa shape index (κ1) is 9.99. The zero-order valence-electron chi connectivity index (χ0n) is 9.11. The lowest BCUT2D eigenvalue weighted by atomic mass is 10.2. The Kier molecular flexibility index (Phi) is 2.34. The van der Waals surface area contributed by atoms with Crippen LogP contribution in [0.25, 0.3) is 16.7 Å². The molecule has 0 atom stereocenters. The minimum atomic E-state index is 0.0504. The second-order valence-corrected chi connectivity index (χ2v) is 3.80. The molecule has 0 unspecified atom stereocenters. The lowest BCUT2D eigenvalue weighted by Crippen LogP contribution is -1.98. The number of aromatic nitrogens is 3. The van der Waals surface area contributed by atoms with Gasteiger partial charge in [-0.2, -0.15) is 4.80 Å². The summed E-state index contributed by atoms with van der Waals surface area (Å²) in [6, 6.07) is 15.3. The molecule has 3 aromatic rings. The Morgan fingerprint density at radius 3 is 2.00 bits per heavy atom. The van der Waals surface area contributed by atoms with E-state index in [4.69, 9.17) is 5.11 Å². The van der Waals surface area contributed by atoms with Crippen molar-refractivity contribution in [2.45, 2.75) is 6.61 Å². The molecule has 0 amide bonds. The van der Waals surface area contributed by atoms with E-state index in [9.17, 15) is 0 Å². The van der Waals surface area contributed by atoms with E-state index in [1.807, 2.05) is 48.5 Å². The molecule has 0 bridgehead atoms. The normalized spacial score (nSPS) is 10.9. The summed E-state index contributed by atoms with van der Waals surface area (Å²) in [5.74, 6) is 0. The van der Waals surface area contributed by atoms with Gasteiger partial charge in [-0.05, 0) is 29.8 Å². The van der Waals surface area contributed by atoms with Crippen molar-refractivity contribution < 1.29 is 5.11 Å². The number of benzene rings is 2. The van der Waals surface area contributed by atoms with Gasteiger partial charge >= 0.3 is 0 Å². The van der Waals surface area contributed by atoms with E-state index in [1.165, 1.54) is 0 Å². The van der Waals surface area contributed by atoms with E-state index in [0.717, 1.165) is 22.3 Å². The molecule has 0 saturated carbocycles. The summed E-state index contributed by atoms with van der Waals surface area (Å²) < 4.78 is 0. The predicted molar refractivity (Wildman–Crippen MR) is 64.8 cm³/mol. The molecule has 4 nitrogen and oxygen atoms in total. The summed E-state index contributed by atoms with van der Waals surface area (Å²) >= 11 is 0. The number of fused-ring (bicyclic) bond motifs is 1. The Hall–Kier alpha value is -2.20. The largest absolute Gasteiger partial charge is 0.392 e. The predicted octanol–water partition coefficient (Wildman–Crippen LogP) is 1.91. The molecule has 1 N–H and O–H groups in total. The van der Waals surface area contributed by atoms with Gasteiger partial charge in [0.1, 0.15) is 11.0 Å². The highest BCUT2D eigenvalue weighted by Crippen LogP contribution is 2.12. The highest BCUT2D eigenvalue weighted by atomic mass is 16.3. The summed E-state index contributed by atoms with van der Waals surface area (Å²) in [6.07, 6.45) is 0. The van der Waals surface area contributed by atoms with Gasteiger partial charge in [0, 0.05) is 0 Å². The third kappa shape index (κ3) is 1.79. The van der Waals surface area contributed by atoms with Gasteiger partial charge in [-0.3, -0.25) is 0 Å². The van der Waals surface area contributed by atoms with Crippen LogP contribution in [0.4, 0.5) is 0 Å². The van der Waals surface area contributed by atoms with Crippen LogP contribution < -0.4 is 0 Å². The Morgan fingerprint density at radius 2 is 1.47 bits per heavy atom. The van der Waals surface area contributed by atoms with Crippen molar-refractivity contribution >= 4 is 11.0 Å². The average molecular weight is 225 g/mol. The van der Waals surface area contributed by atoms with Crippen molar-refractivity contribution in [3.63, 3.8) is 0 Å². The standard InChI is InChI=1S/C13H11N3O/c17-9-10-5-7-11(8-6-10)16-14-12-3-1-2-4-13(12)15-16/h1-8,17H,9H2. The third-order valence-electron chi connectivity index (χ3n) is 2.64. The maximum atomic E-state index is 8.98. The van der Waals surface area contributed by atoms with E-state index in [2.05, 4.69) is 10.2 Å². The van der Waals surface area contributed by atoms with Gasteiger partial charge in [0.25, 0.3) is 0 Å². The molecule has 0 spiro atoms. The fraction of sp³-hybridized carbons (Fsp3) is 0.0769. The molecule has 0 aliphatic heterocycles. The summed E-state index contributed by atoms with van der Waals surface area (Å²) in [7, 11) is 0. The number of aliphatic hydroxyl groups is 1. The smallest absolute Gasteiger partial charge is 0.113 e. The average Bonchev–Trinajstić information content (AvgIpc) is 2.82. The summed E-state index contributed by atoms with van der Waals surface area (Å²) in [5, 5.41) is 17.7. The molecule has 84 valence electrons. The van der Waals surface area contributed by atoms with Crippen LogP contribution in [0.3, 0.4) is 0 Å². The molecule has 17 heavy (non-hydrogen) atoms. The maximum Gasteiger partial charge on any atom is 0.113 e. The Bertz CT molecular complexity index is 610. The monoisotopic (exact) mass is 225 g/mol. The number of nitrogens with zero attached hydrogens (tertiary/aromatic N) is 3. The van der Waals surface area contributed by atoms with E-state index < -0.39 is 0 Å². The zero-order chi connectivity index (χ0) is 11.7. The highest BCUT2D eigenvalue weighted by Gasteiger charge is 2.03. The lowest BCUT2D eigenvalue weighted by molar-refractivity contribution is 0.282. The quantitative estimate of drug-likeness (QED) is 0.724. The summed E-state index contributed by atoms with van der Waals surface area (Å²) in [6.45, 7) is 0.0504. The molecule has 0 aliphatic carbocycles. The lowest BCUT2D eigenvalue weighted by Gasteiger charge is -2.00. The van der Waals surface area contributed by atoms with Crippen LogP contribution in [0.2, 0.25) is 0 Å². The second-order valence-electron chi connectivity index (χ2n) is 3.80. The first-order valence-corrected chi connectivity index (χ1v) is 5.39. The molecular weight excluding hydrogens is 214 g/mol. The molecule has 2 aromatic carbocycles. The number of hydrogen-bond acceptors (Lipinski definition) is 3. The molecular formula is C13H11N3O. The first-order chi connectivity index (χ1) is 8.36. The van der Waals surface area contributed by atoms with Gasteiger partial charge < -0.3 is 5.11 Å². The highest BCUT2D eigenvalue weighted by molar-refractivity contribution is 5.73. The van der Waals surface area contributed by atoms with Crippen LogP contribution in [0.5, 0.6) is 0 Å². The van der Waals surface area contributed by atoms with Crippen LogP contribution in [-0.2, 0) is 6.61 Å². The minimum absolute atomic E-state index is 0.0504. The number of hydrogen-bond donors (Lipinski definition) is 1. The molecule has 4 heteroatoms. The van der Waals surface area contributed by atoms with Crippen molar-refractivity contribution in [3.05, 3.63) is 54.1 Å². The van der Waals surface area contributed by atoms with Gasteiger partial charge in [-0.1, -0.05) is 24.3 Å². The molecule has 1 aromatic heterocycles. The van der Waals surface area contributed by atoms with E-state index in [0.29, 0.717) is 0 Å². The molecule has 3 rings (SSSR count). The van der Waals surface area contributed by atoms with E-state index in [-0.39, 0.29) is 6.61 Å². The summed E-state index contributed by atoms with van der Waals surface area (Å²) in [5.41, 5.74) is 3.52. The van der Waals surface area contributed by atoms with Crippen molar-refractivity contribution in [3.8, 4) is 5.69 Å². The van der Waals surface area contributed by atoms with Crippen LogP contribution in [0, 0.1) is 0 Å². The fourth-order valence-corrected chi connectivity index (χ4v) is 1.71. The number of rotatable bonds is 2. The molecule has 0 fully saturated rings. The van der Waals surface area contributed by atoms with E-state index in [1.54, 1.807) is 4.80 Å².